The van der Waals surface area contributed by atoms with Crippen LogP contribution in [-0.2, 0) is 6.54 Å². The molecule has 0 radical (unpaired) electrons. The number of benzene rings is 2. The lowest BCUT2D eigenvalue weighted by Crippen LogP contribution is -1.97. The van der Waals surface area contributed by atoms with E-state index in [1.807, 2.05) is 54.6 Å². The van der Waals surface area contributed by atoms with E-state index in [0.717, 1.165) is 34.3 Å². The molecule has 0 spiro atoms. The van der Waals surface area contributed by atoms with Crippen LogP contribution in [-0.4, -0.2) is 6.79 Å². The van der Waals surface area contributed by atoms with Crippen molar-refractivity contribution in [2.24, 2.45) is 0 Å². The lowest BCUT2D eigenvalue weighted by molar-refractivity contribution is 0.174. The van der Waals surface area contributed by atoms with Crippen LogP contribution in [0.15, 0.2) is 59.0 Å². The first-order valence-corrected chi connectivity index (χ1v) is 7.64. The van der Waals surface area contributed by atoms with E-state index < -0.39 is 0 Å². The molecular weight excluding hydrogens is 314 g/mol. The van der Waals surface area contributed by atoms with Crippen molar-refractivity contribution in [2.45, 2.75) is 6.54 Å². The summed E-state index contributed by atoms with van der Waals surface area (Å²) >= 11 is 6.01. The maximum atomic E-state index is 6.01. The summed E-state index contributed by atoms with van der Waals surface area (Å²) in [6, 6.07) is 17.3. The van der Waals surface area contributed by atoms with Gasteiger partial charge in [-0.25, -0.2) is 0 Å². The van der Waals surface area contributed by atoms with E-state index in [-0.39, 0.29) is 6.79 Å². The summed E-state index contributed by atoms with van der Waals surface area (Å²) in [6.45, 7) is 0.861. The zero-order valence-electron chi connectivity index (χ0n) is 12.2. The molecule has 1 N–H and O–H groups in total. The van der Waals surface area contributed by atoms with Gasteiger partial charge < -0.3 is 19.2 Å². The fourth-order valence-electron chi connectivity index (χ4n) is 2.47. The number of hydrogen-bond acceptors (Lipinski definition) is 4. The first-order valence-electron chi connectivity index (χ1n) is 7.26. The molecule has 0 saturated heterocycles. The Morgan fingerprint density at radius 3 is 2.78 bits per heavy atom. The molecule has 1 aliphatic rings. The second-order valence-corrected chi connectivity index (χ2v) is 5.63. The molecule has 2 heterocycles. The predicted octanol–water partition coefficient (Wildman–Crippen LogP) is 4.94. The van der Waals surface area contributed by atoms with E-state index in [4.69, 9.17) is 25.5 Å². The van der Waals surface area contributed by atoms with Gasteiger partial charge >= 0.3 is 0 Å². The van der Waals surface area contributed by atoms with Crippen molar-refractivity contribution in [1.29, 1.82) is 0 Å². The third-order valence-corrected chi connectivity index (χ3v) is 3.85. The van der Waals surface area contributed by atoms with E-state index in [1.54, 1.807) is 0 Å². The molecule has 1 aliphatic heterocycles. The van der Waals surface area contributed by atoms with Gasteiger partial charge in [-0.1, -0.05) is 23.7 Å². The molecule has 0 bridgehead atoms. The summed E-state index contributed by atoms with van der Waals surface area (Å²) in [5.41, 5.74) is 1.92. The first kappa shape index (κ1) is 14.0. The van der Waals surface area contributed by atoms with E-state index in [0.29, 0.717) is 11.6 Å². The zero-order valence-corrected chi connectivity index (χ0v) is 13.0. The molecule has 23 heavy (non-hydrogen) atoms. The molecule has 0 unspecified atom stereocenters. The van der Waals surface area contributed by atoms with E-state index >= 15 is 0 Å². The van der Waals surface area contributed by atoms with Crippen LogP contribution in [0.25, 0.3) is 11.3 Å². The summed E-state index contributed by atoms with van der Waals surface area (Å²) in [5, 5.41) is 4.00. The zero-order chi connectivity index (χ0) is 15.6. The summed E-state index contributed by atoms with van der Waals surface area (Å²) in [6.07, 6.45) is 0. The Morgan fingerprint density at radius 1 is 0.957 bits per heavy atom. The predicted molar refractivity (Wildman–Crippen MR) is 89.0 cm³/mol. The molecule has 116 valence electrons. The van der Waals surface area contributed by atoms with Gasteiger partial charge in [0.2, 0.25) is 6.79 Å². The average molecular weight is 328 g/mol. The monoisotopic (exact) mass is 327 g/mol. The molecule has 5 heteroatoms. The van der Waals surface area contributed by atoms with Gasteiger partial charge in [0.1, 0.15) is 11.5 Å². The van der Waals surface area contributed by atoms with Crippen LogP contribution in [0, 0.1) is 0 Å². The number of anilines is 1. The summed E-state index contributed by atoms with van der Waals surface area (Å²) in [4.78, 5) is 0. The van der Waals surface area contributed by atoms with Crippen molar-refractivity contribution in [3.8, 4) is 22.8 Å². The number of nitrogens with one attached hydrogen (secondary N) is 1. The Bertz CT molecular complexity index is 844. The first-order chi connectivity index (χ1) is 11.3. The molecule has 4 rings (SSSR count). The van der Waals surface area contributed by atoms with Crippen molar-refractivity contribution in [1.82, 2.24) is 0 Å². The Hall–Kier alpha value is -2.59. The van der Waals surface area contributed by atoms with Crippen molar-refractivity contribution in [3.05, 3.63) is 65.4 Å². The third kappa shape index (κ3) is 2.98. The summed E-state index contributed by atoms with van der Waals surface area (Å²) in [5.74, 6) is 3.18. The highest BCUT2D eigenvalue weighted by Crippen LogP contribution is 2.34. The molecule has 4 nitrogen and oxygen atoms in total. The fourth-order valence-corrected chi connectivity index (χ4v) is 2.66. The molecule has 0 saturated carbocycles. The lowest BCUT2D eigenvalue weighted by Gasteiger charge is -2.05. The van der Waals surface area contributed by atoms with Gasteiger partial charge in [0.25, 0.3) is 0 Å². The largest absolute Gasteiger partial charge is 0.459 e. The Balaban J connectivity index is 1.46. The molecule has 0 atom stereocenters. The maximum Gasteiger partial charge on any atom is 0.231 e. The van der Waals surface area contributed by atoms with Gasteiger partial charge in [0.15, 0.2) is 11.5 Å². The van der Waals surface area contributed by atoms with Gasteiger partial charge in [0.05, 0.1) is 6.54 Å². The Labute approximate surface area is 138 Å². The maximum absolute atomic E-state index is 6.01. The number of hydrogen-bond donors (Lipinski definition) is 1. The molecule has 0 aliphatic carbocycles. The minimum absolute atomic E-state index is 0.278. The number of halogens is 1. The summed E-state index contributed by atoms with van der Waals surface area (Å²) < 4.78 is 16.5. The second-order valence-electron chi connectivity index (χ2n) is 5.20. The number of rotatable bonds is 4. The van der Waals surface area contributed by atoms with Gasteiger partial charge in [-0.2, -0.15) is 0 Å². The van der Waals surface area contributed by atoms with Crippen LogP contribution in [0.3, 0.4) is 0 Å². The third-order valence-electron chi connectivity index (χ3n) is 3.61. The quantitative estimate of drug-likeness (QED) is 0.737. The topological polar surface area (TPSA) is 43.6 Å². The highest BCUT2D eigenvalue weighted by atomic mass is 35.5. The van der Waals surface area contributed by atoms with Gasteiger partial charge in [-0.05, 0) is 36.4 Å². The minimum atomic E-state index is 0.278. The standard InChI is InChI=1S/C18H14ClNO3/c19-13-3-1-2-12(8-13)16-7-5-15(23-16)10-20-14-4-6-17-18(9-14)22-11-21-17/h1-9,20H,10-11H2. The second kappa shape index (κ2) is 5.89. The van der Waals surface area contributed by atoms with E-state index in [1.165, 1.54) is 0 Å². The van der Waals surface area contributed by atoms with Crippen molar-refractivity contribution in [2.75, 3.05) is 12.1 Å². The van der Waals surface area contributed by atoms with Crippen molar-refractivity contribution in [3.63, 3.8) is 0 Å². The smallest absolute Gasteiger partial charge is 0.231 e. The lowest BCUT2D eigenvalue weighted by atomic mass is 10.2. The van der Waals surface area contributed by atoms with E-state index in [9.17, 15) is 0 Å². The minimum Gasteiger partial charge on any atom is -0.459 e. The SMILES string of the molecule is Clc1cccc(-c2ccc(CNc3ccc4c(c3)OCO4)o2)c1. The Kier molecular flexibility index (Phi) is 3.60. The highest BCUT2D eigenvalue weighted by molar-refractivity contribution is 6.30. The van der Waals surface area contributed by atoms with Crippen LogP contribution >= 0.6 is 11.6 Å². The molecule has 2 aromatic carbocycles. The highest BCUT2D eigenvalue weighted by Gasteiger charge is 2.13. The van der Waals surface area contributed by atoms with Crippen LogP contribution in [0.4, 0.5) is 5.69 Å². The molecule has 3 aromatic rings. The average Bonchev–Trinajstić information content (AvgIpc) is 3.21. The fraction of sp³-hybridized carbons (Fsp3) is 0.111. The molecule has 0 amide bonds. The normalized spacial score (nSPS) is 12.4. The van der Waals surface area contributed by atoms with E-state index in [2.05, 4.69) is 5.32 Å². The van der Waals surface area contributed by atoms with Crippen molar-refractivity contribution < 1.29 is 13.9 Å². The van der Waals surface area contributed by atoms with Gasteiger partial charge in [-0.3, -0.25) is 0 Å². The molecule has 0 fully saturated rings. The number of ether oxygens (including phenoxy) is 2. The summed E-state index contributed by atoms with van der Waals surface area (Å²) in [7, 11) is 0. The van der Waals surface area contributed by atoms with Crippen LogP contribution in [0.5, 0.6) is 11.5 Å². The Morgan fingerprint density at radius 2 is 1.87 bits per heavy atom. The number of furan rings is 1. The molecular formula is C18H14ClNO3. The van der Waals surface area contributed by atoms with Gasteiger partial charge in [-0.15, -0.1) is 0 Å². The molecule has 1 aromatic heterocycles. The van der Waals surface area contributed by atoms with Crippen LogP contribution in [0.1, 0.15) is 5.76 Å². The van der Waals surface area contributed by atoms with Crippen LogP contribution in [0.2, 0.25) is 5.02 Å². The van der Waals surface area contributed by atoms with Crippen LogP contribution < -0.4 is 14.8 Å². The number of fused-ring (bicyclic) bond motifs is 1. The van der Waals surface area contributed by atoms with Gasteiger partial charge in [0, 0.05) is 22.3 Å². The van der Waals surface area contributed by atoms with Crippen molar-refractivity contribution >= 4 is 17.3 Å².